The lowest BCUT2D eigenvalue weighted by atomic mass is 10.0. The number of hydrogen-bond acceptors (Lipinski definition) is 5. The van der Waals surface area contributed by atoms with Crippen LogP contribution in [-0.2, 0) is 18.0 Å². The summed E-state index contributed by atoms with van der Waals surface area (Å²) in [6, 6.07) is 6.65. The van der Waals surface area contributed by atoms with Crippen LogP contribution < -0.4 is 14.5 Å². The molecule has 1 aromatic heterocycles. The minimum Gasteiger partial charge on any atom is -0.493 e. The first kappa shape index (κ1) is 16.6. The monoisotopic (exact) mass is 349 g/mol. The van der Waals surface area contributed by atoms with Crippen LogP contribution in [0.15, 0.2) is 35.3 Å². The topological polar surface area (TPSA) is 74.6 Å². The molecule has 1 aromatic carbocycles. The van der Waals surface area contributed by atoms with Crippen LogP contribution in [0.4, 0.5) is 0 Å². The summed E-state index contributed by atoms with van der Waals surface area (Å²) in [4.78, 5) is 11.9. The molecule has 1 fully saturated rings. The molecular weight excluding hydrogens is 330 g/mol. The highest BCUT2D eigenvalue weighted by molar-refractivity contribution is 7.67. The minimum absolute atomic E-state index is 0.0748. The van der Waals surface area contributed by atoms with Gasteiger partial charge < -0.3 is 13.5 Å². The Morgan fingerprint density at radius 1 is 1.25 bits per heavy atom. The van der Waals surface area contributed by atoms with Crippen molar-refractivity contribution in [3.8, 4) is 22.6 Å². The molecule has 3 rings (SSSR count). The molecule has 0 unspecified atom stereocenters. The van der Waals surface area contributed by atoms with Crippen LogP contribution in [0, 0.1) is 12.8 Å². The first-order valence-corrected chi connectivity index (χ1v) is 8.80. The van der Waals surface area contributed by atoms with Crippen LogP contribution in [0.25, 0.3) is 11.1 Å². The molecule has 0 amide bonds. The summed E-state index contributed by atoms with van der Waals surface area (Å²) in [5.74, 6) is 1.45. The molecule has 24 heavy (non-hydrogen) atoms. The predicted molar refractivity (Wildman–Crippen MR) is 91.0 cm³/mol. The van der Waals surface area contributed by atoms with E-state index in [0.29, 0.717) is 29.4 Å². The van der Waals surface area contributed by atoms with Crippen molar-refractivity contribution in [2.75, 3.05) is 6.61 Å². The molecule has 0 atom stereocenters. The van der Waals surface area contributed by atoms with Crippen molar-refractivity contribution < 1.29 is 17.3 Å². The molecule has 6 nitrogen and oxygen atoms in total. The SMILES string of the molecule is Cc1cc(-c2cc(O[SH](=O)=O)ccc2OCC2CC2)cn(C)c1=O. The van der Waals surface area contributed by atoms with E-state index in [4.69, 9.17) is 8.92 Å². The van der Waals surface area contributed by atoms with Gasteiger partial charge >= 0.3 is 0 Å². The molecule has 0 spiro atoms. The lowest BCUT2D eigenvalue weighted by Gasteiger charge is -2.14. The summed E-state index contributed by atoms with van der Waals surface area (Å²) in [6.45, 7) is 2.37. The standard InChI is InChI=1S/C17H19NO5S/c1-11-7-13(9-18(2)17(11)19)15-8-14(23-24(20)21)5-6-16(15)22-10-12-3-4-12/h5-9,12,24H,3-4,10H2,1-2H3. The van der Waals surface area contributed by atoms with Gasteiger partial charge in [0.15, 0.2) is 0 Å². The van der Waals surface area contributed by atoms with Gasteiger partial charge in [-0.25, -0.2) is 0 Å². The van der Waals surface area contributed by atoms with E-state index in [0.717, 1.165) is 5.56 Å². The zero-order valence-electron chi connectivity index (χ0n) is 13.5. The van der Waals surface area contributed by atoms with E-state index in [-0.39, 0.29) is 11.3 Å². The predicted octanol–water partition coefficient (Wildman–Crippen LogP) is 2.05. The molecule has 1 heterocycles. The van der Waals surface area contributed by atoms with E-state index < -0.39 is 11.0 Å². The van der Waals surface area contributed by atoms with Crippen molar-refractivity contribution in [1.82, 2.24) is 4.57 Å². The van der Waals surface area contributed by atoms with Gasteiger partial charge in [-0.3, -0.25) is 4.79 Å². The third-order valence-electron chi connectivity index (χ3n) is 3.98. The largest absolute Gasteiger partial charge is 0.493 e. The van der Waals surface area contributed by atoms with Gasteiger partial charge in [-0.2, -0.15) is 8.42 Å². The fourth-order valence-electron chi connectivity index (χ4n) is 2.52. The molecule has 1 saturated carbocycles. The van der Waals surface area contributed by atoms with E-state index in [1.54, 1.807) is 44.4 Å². The van der Waals surface area contributed by atoms with E-state index in [1.165, 1.54) is 17.4 Å². The fraction of sp³-hybridized carbons (Fsp3) is 0.353. The number of aromatic nitrogens is 1. The summed E-state index contributed by atoms with van der Waals surface area (Å²) in [6.07, 6.45) is 4.05. The molecule has 0 radical (unpaired) electrons. The lowest BCUT2D eigenvalue weighted by molar-refractivity contribution is 0.300. The molecule has 1 aliphatic rings. The Balaban J connectivity index is 2.04. The smallest absolute Gasteiger partial charge is 0.299 e. The van der Waals surface area contributed by atoms with Crippen LogP contribution in [-0.4, -0.2) is 19.6 Å². The second-order valence-electron chi connectivity index (χ2n) is 6.06. The molecular formula is C17H19NO5S. The third kappa shape index (κ3) is 3.79. The molecule has 0 aliphatic heterocycles. The van der Waals surface area contributed by atoms with Crippen LogP contribution in [0.3, 0.4) is 0 Å². The highest BCUT2D eigenvalue weighted by atomic mass is 32.2. The summed E-state index contributed by atoms with van der Waals surface area (Å²) in [7, 11) is -1.31. The first-order valence-electron chi connectivity index (χ1n) is 7.71. The number of ether oxygens (including phenoxy) is 1. The van der Waals surface area contributed by atoms with Crippen molar-refractivity contribution in [2.24, 2.45) is 13.0 Å². The Hall–Kier alpha value is -2.28. The molecule has 0 N–H and O–H groups in total. The van der Waals surface area contributed by atoms with E-state index in [1.807, 2.05) is 0 Å². The number of benzene rings is 1. The Kier molecular flexibility index (Phi) is 4.62. The van der Waals surface area contributed by atoms with Crippen LogP contribution in [0.1, 0.15) is 18.4 Å². The maximum atomic E-state index is 11.9. The zero-order chi connectivity index (χ0) is 17.3. The van der Waals surface area contributed by atoms with Crippen LogP contribution in [0.2, 0.25) is 0 Å². The number of nitrogens with zero attached hydrogens (tertiary/aromatic N) is 1. The second kappa shape index (κ2) is 6.68. The minimum atomic E-state index is -2.99. The zero-order valence-corrected chi connectivity index (χ0v) is 14.4. The number of thiol groups is 1. The van der Waals surface area contributed by atoms with Gasteiger partial charge in [0, 0.05) is 29.9 Å². The molecule has 0 saturated heterocycles. The quantitative estimate of drug-likeness (QED) is 0.808. The first-order chi connectivity index (χ1) is 11.4. The van der Waals surface area contributed by atoms with Crippen molar-refractivity contribution in [2.45, 2.75) is 19.8 Å². The van der Waals surface area contributed by atoms with Gasteiger partial charge in [-0.15, -0.1) is 0 Å². The van der Waals surface area contributed by atoms with Gasteiger partial charge in [0.1, 0.15) is 11.5 Å². The fourth-order valence-corrected chi connectivity index (χ4v) is 2.81. The number of hydrogen-bond donors (Lipinski definition) is 1. The van der Waals surface area contributed by atoms with Gasteiger partial charge in [-0.05, 0) is 49.9 Å². The highest BCUT2D eigenvalue weighted by Crippen LogP contribution is 2.36. The lowest BCUT2D eigenvalue weighted by Crippen LogP contribution is -2.18. The van der Waals surface area contributed by atoms with Crippen molar-refractivity contribution in [3.63, 3.8) is 0 Å². The maximum Gasteiger partial charge on any atom is 0.299 e. The third-order valence-corrected chi connectivity index (χ3v) is 4.34. The van der Waals surface area contributed by atoms with E-state index in [9.17, 15) is 13.2 Å². The van der Waals surface area contributed by atoms with Gasteiger partial charge in [-0.1, -0.05) is 0 Å². The van der Waals surface area contributed by atoms with E-state index in [2.05, 4.69) is 0 Å². The molecule has 2 aromatic rings. The Morgan fingerprint density at radius 3 is 2.62 bits per heavy atom. The molecule has 7 heteroatoms. The number of rotatable bonds is 6. The number of aryl methyl sites for hydroxylation is 2. The van der Waals surface area contributed by atoms with Crippen molar-refractivity contribution in [1.29, 1.82) is 0 Å². The van der Waals surface area contributed by atoms with Crippen LogP contribution >= 0.6 is 0 Å². The van der Waals surface area contributed by atoms with E-state index >= 15 is 0 Å². The average Bonchev–Trinajstić information content (AvgIpc) is 3.34. The second-order valence-corrected chi connectivity index (χ2v) is 6.68. The van der Waals surface area contributed by atoms with Gasteiger partial charge in [0.25, 0.3) is 16.5 Å². The van der Waals surface area contributed by atoms with Crippen LogP contribution in [0.5, 0.6) is 11.5 Å². The summed E-state index contributed by atoms with van der Waals surface area (Å²) in [5.41, 5.74) is 1.99. The molecule has 1 aliphatic carbocycles. The average molecular weight is 349 g/mol. The van der Waals surface area contributed by atoms with Crippen molar-refractivity contribution in [3.05, 3.63) is 46.4 Å². The Labute approximate surface area is 141 Å². The van der Waals surface area contributed by atoms with Gasteiger partial charge in [0.05, 0.1) is 6.61 Å². The number of pyridine rings is 1. The summed E-state index contributed by atoms with van der Waals surface area (Å²) in [5, 5.41) is 0. The Morgan fingerprint density at radius 2 is 2.00 bits per heavy atom. The normalized spacial score (nSPS) is 14.0. The maximum absolute atomic E-state index is 11.9. The Bertz CT molecular complexity index is 862. The van der Waals surface area contributed by atoms with Gasteiger partial charge in [0.2, 0.25) is 0 Å². The highest BCUT2D eigenvalue weighted by Gasteiger charge is 2.22. The summed E-state index contributed by atoms with van der Waals surface area (Å²) >= 11 is 0. The summed E-state index contributed by atoms with van der Waals surface area (Å²) < 4.78 is 33.8. The molecule has 0 bridgehead atoms. The molecule has 128 valence electrons. The van der Waals surface area contributed by atoms with Crippen molar-refractivity contribution >= 4 is 11.0 Å².